The lowest BCUT2D eigenvalue weighted by Crippen LogP contribution is -2.41. The number of rotatable bonds is 2. The van der Waals surface area contributed by atoms with Crippen molar-refractivity contribution in [3.05, 3.63) is 12.2 Å². The van der Waals surface area contributed by atoms with E-state index in [1.807, 2.05) is 6.92 Å². The fourth-order valence-corrected chi connectivity index (χ4v) is 1.75. The number of hydrogen-bond donors (Lipinski definition) is 3. The van der Waals surface area contributed by atoms with E-state index in [1.54, 1.807) is 6.08 Å². The number of aliphatic hydroxyl groups excluding tert-OH is 3. The van der Waals surface area contributed by atoms with Gasteiger partial charge < -0.3 is 20.1 Å². The highest BCUT2D eigenvalue weighted by Crippen LogP contribution is 2.16. The Kier molecular flexibility index (Phi) is 5.61. The van der Waals surface area contributed by atoms with Crippen LogP contribution < -0.4 is 0 Å². The molecule has 0 saturated carbocycles. The predicted molar refractivity (Wildman–Crippen MR) is 61.2 cm³/mol. The molecule has 5 nitrogen and oxygen atoms in total. The number of carbonyl (C=O) groups excluding carboxylic acids is 1. The van der Waals surface area contributed by atoms with E-state index >= 15 is 0 Å². The van der Waals surface area contributed by atoms with Gasteiger partial charge in [-0.2, -0.15) is 0 Å². The van der Waals surface area contributed by atoms with Gasteiger partial charge in [-0.05, 0) is 19.3 Å². The van der Waals surface area contributed by atoms with Crippen molar-refractivity contribution in [3.8, 4) is 0 Å². The van der Waals surface area contributed by atoms with Crippen LogP contribution >= 0.6 is 0 Å². The summed E-state index contributed by atoms with van der Waals surface area (Å²) in [6, 6.07) is 0. The van der Waals surface area contributed by atoms with Crippen molar-refractivity contribution in [2.45, 2.75) is 57.0 Å². The minimum Gasteiger partial charge on any atom is -0.458 e. The molecule has 4 atom stereocenters. The van der Waals surface area contributed by atoms with E-state index in [9.17, 15) is 20.1 Å². The van der Waals surface area contributed by atoms with Crippen LogP contribution in [0.2, 0.25) is 0 Å². The first-order valence-corrected chi connectivity index (χ1v) is 5.97. The van der Waals surface area contributed by atoms with Crippen molar-refractivity contribution in [1.82, 2.24) is 0 Å². The molecule has 98 valence electrons. The Bertz CT molecular complexity index is 276. The minimum absolute atomic E-state index is 0.261. The summed E-state index contributed by atoms with van der Waals surface area (Å²) in [7, 11) is 0. The van der Waals surface area contributed by atoms with Crippen LogP contribution in [0.15, 0.2) is 12.2 Å². The van der Waals surface area contributed by atoms with E-state index in [1.165, 1.54) is 6.08 Å². The second kappa shape index (κ2) is 6.74. The normalized spacial score (nSPS) is 37.3. The number of ether oxygens (including phenoxy) is 1. The molecule has 0 amide bonds. The molecule has 3 N–H and O–H groups in total. The van der Waals surface area contributed by atoms with Crippen LogP contribution in [0.25, 0.3) is 0 Å². The second-order valence-electron chi connectivity index (χ2n) is 4.27. The standard InChI is InChI=1S/C12H20O5/c1-2-5-10-11(15)8(13)6-3-4-7-9(14)12(16)17-10/h3,6,8-11,13-15H,2,4-5,7H2,1H3/b6-3+/t8-,9-,10+,11-/m0/s1. The highest BCUT2D eigenvalue weighted by atomic mass is 16.6. The first-order chi connectivity index (χ1) is 8.06. The topological polar surface area (TPSA) is 87.0 Å². The molecular formula is C12H20O5. The molecule has 0 radical (unpaired) electrons. The molecule has 0 unspecified atom stereocenters. The number of allylic oxidation sites excluding steroid dienone is 1. The summed E-state index contributed by atoms with van der Waals surface area (Å²) in [4.78, 5) is 11.5. The van der Waals surface area contributed by atoms with E-state index in [2.05, 4.69) is 0 Å². The van der Waals surface area contributed by atoms with Gasteiger partial charge in [-0.3, -0.25) is 0 Å². The quantitative estimate of drug-likeness (QED) is 0.475. The Morgan fingerprint density at radius 2 is 2.12 bits per heavy atom. The molecule has 0 fully saturated rings. The first kappa shape index (κ1) is 14.2. The van der Waals surface area contributed by atoms with E-state index < -0.39 is 30.4 Å². The number of esters is 1. The molecule has 1 aliphatic rings. The highest BCUT2D eigenvalue weighted by molar-refractivity contribution is 5.74. The number of aliphatic hydroxyl groups is 3. The minimum atomic E-state index is -1.17. The maximum Gasteiger partial charge on any atom is 0.335 e. The molecular weight excluding hydrogens is 224 g/mol. The Morgan fingerprint density at radius 1 is 1.41 bits per heavy atom. The fraction of sp³-hybridized carbons (Fsp3) is 0.750. The maximum absolute atomic E-state index is 11.5. The summed E-state index contributed by atoms with van der Waals surface area (Å²) in [6.07, 6.45) is 0.857. The van der Waals surface area contributed by atoms with Gasteiger partial charge in [0.2, 0.25) is 0 Å². The summed E-state index contributed by atoms with van der Waals surface area (Å²) in [5, 5.41) is 29.0. The number of cyclic esters (lactones) is 1. The average Bonchev–Trinajstić information content (AvgIpc) is 2.31. The van der Waals surface area contributed by atoms with Gasteiger partial charge in [-0.25, -0.2) is 4.79 Å². The molecule has 1 aliphatic heterocycles. The van der Waals surface area contributed by atoms with Crippen LogP contribution in [-0.2, 0) is 9.53 Å². The van der Waals surface area contributed by atoms with Crippen LogP contribution in [0.3, 0.4) is 0 Å². The summed E-state index contributed by atoms with van der Waals surface area (Å²) in [5.74, 6) is -0.731. The van der Waals surface area contributed by atoms with E-state index in [0.29, 0.717) is 19.3 Å². The monoisotopic (exact) mass is 244 g/mol. The van der Waals surface area contributed by atoms with Crippen LogP contribution in [0.1, 0.15) is 32.6 Å². The molecule has 0 spiro atoms. The highest BCUT2D eigenvalue weighted by Gasteiger charge is 2.30. The maximum atomic E-state index is 11.5. The fourth-order valence-electron chi connectivity index (χ4n) is 1.75. The Balaban J connectivity index is 2.80. The molecule has 0 aliphatic carbocycles. The van der Waals surface area contributed by atoms with Gasteiger partial charge >= 0.3 is 5.97 Å². The van der Waals surface area contributed by atoms with Gasteiger partial charge in [0, 0.05) is 0 Å². The van der Waals surface area contributed by atoms with Gasteiger partial charge in [-0.1, -0.05) is 25.5 Å². The molecule has 5 heteroatoms. The van der Waals surface area contributed by atoms with Crippen LogP contribution in [0.4, 0.5) is 0 Å². The van der Waals surface area contributed by atoms with Crippen molar-refractivity contribution >= 4 is 5.97 Å². The first-order valence-electron chi connectivity index (χ1n) is 5.97. The van der Waals surface area contributed by atoms with Gasteiger partial charge in [0.15, 0.2) is 6.10 Å². The number of carbonyl (C=O) groups is 1. The van der Waals surface area contributed by atoms with Crippen molar-refractivity contribution in [3.63, 3.8) is 0 Å². The molecule has 0 bridgehead atoms. The zero-order chi connectivity index (χ0) is 12.8. The van der Waals surface area contributed by atoms with Crippen LogP contribution in [-0.4, -0.2) is 45.7 Å². The van der Waals surface area contributed by atoms with Crippen molar-refractivity contribution in [1.29, 1.82) is 0 Å². The summed E-state index contributed by atoms with van der Waals surface area (Å²) in [6.45, 7) is 1.89. The smallest absolute Gasteiger partial charge is 0.335 e. The largest absolute Gasteiger partial charge is 0.458 e. The lowest BCUT2D eigenvalue weighted by molar-refractivity contribution is -0.169. The van der Waals surface area contributed by atoms with E-state index in [0.717, 1.165) is 0 Å². The SMILES string of the molecule is CCC[C@H]1OC(=O)[C@@H](O)CC/C=C/[C@H](O)[C@@H]1O. The predicted octanol–water partition coefficient (Wildman–Crippen LogP) is 0.131. The van der Waals surface area contributed by atoms with Crippen molar-refractivity contribution in [2.75, 3.05) is 0 Å². The summed E-state index contributed by atoms with van der Waals surface area (Å²) in [5.41, 5.74) is 0. The van der Waals surface area contributed by atoms with Crippen molar-refractivity contribution < 1.29 is 24.9 Å². The molecule has 17 heavy (non-hydrogen) atoms. The van der Waals surface area contributed by atoms with Crippen LogP contribution in [0, 0.1) is 0 Å². The number of hydrogen-bond acceptors (Lipinski definition) is 5. The third-order valence-electron chi connectivity index (χ3n) is 2.78. The molecule has 0 aromatic heterocycles. The molecule has 0 saturated heterocycles. The zero-order valence-corrected chi connectivity index (χ0v) is 9.95. The van der Waals surface area contributed by atoms with Gasteiger partial charge in [-0.15, -0.1) is 0 Å². The molecule has 0 aromatic carbocycles. The summed E-state index contributed by atoms with van der Waals surface area (Å²) >= 11 is 0. The van der Waals surface area contributed by atoms with E-state index in [-0.39, 0.29) is 6.42 Å². The molecule has 0 aromatic rings. The third-order valence-corrected chi connectivity index (χ3v) is 2.78. The summed E-state index contributed by atoms with van der Waals surface area (Å²) < 4.78 is 5.03. The van der Waals surface area contributed by atoms with Gasteiger partial charge in [0.1, 0.15) is 18.3 Å². The van der Waals surface area contributed by atoms with Gasteiger partial charge in [0.25, 0.3) is 0 Å². The Morgan fingerprint density at radius 3 is 2.76 bits per heavy atom. The Hall–Kier alpha value is -0.910. The third kappa shape index (κ3) is 4.11. The zero-order valence-electron chi connectivity index (χ0n) is 9.95. The lowest BCUT2D eigenvalue weighted by atomic mass is 10.0. The molecule has 1 heterocycles. The second-order valence-corrected chi connectivity index (χ2v) is 4.27. The average molecular weight is 244 g/mol. The van der Waals surface area contributed by atoms with Crippen LogP contribution in [0.5, 0.6) is 0 Å². The Labute approximate surface area is 101 Å². The lowest BCUT2D eigenvalue weighted by Gasteiger charge is -2.27. The van der Waals surface area contributed by atoms with Gasteiger partial charge in [0.05, 0.1) is 0 Å². The van der Waals surface area contributed by atoms with E-state index in [4.69, 9.17) is 4.74 Å². The van der Waals surface area contributed by atoms with Crippen molar-refractivity contribution in [2.24, 2.45) is 0 Å². The molecule has 1 rings (SSSR count).